The maximum Gasteiger partial charge on any atom is 0.232 e. The maximum absolute atomic E-state index is 8.61. The lowest BCUT2D eigenvalue weighted by molar-refractivity contribution is 0.309. The zero-order chi connectivity index (χ0) is 9.26. The number of likely N-dealkylation sites (N-methyl/N-ethyl adjacent to an activating group) is 1. The molecular weight excluding hydrogens is 164 g/mol. The standard InChI is InChI=1S/C9H10N4/c1-13-3-2-8-7(6-13)5-11-9(4-10)12-8/h5H,2-3,6H2,1H3. The zero-order valence-electron chi connectivity index (χ0n) is 7.49. The zero-order valence-corrected chi connectivity index (χ0v) is 7.49. The number of rotatable bonds is 0. The Morgan fingerprint density at radius 3 is 3.23 bits per heavy atom. The average molecular weight is 174 g/mol. The van der Waals surface area contributed by atoms with Gasteiger partial charge in [0.15, 0.2) is 0 Å². The average Bonchev–Trinajstić information content (AvgIpc) is 2.17. The third-order valence-electron chi connectivity index (χ3n) is 2.22. The van der Waals surface area contributed by atoms with Crippen LogP contribution in [-0.2, 0) is 13.0 Å². The fraction of sp³-hybridized carbons (Fsp3) is 0.444. The molecule has 0 fully saturated rings. The Labute approximate surface area is 76.8 Å². The van der Waals surface area contributed by atoms with E-state index in [9.17, 15) is 0 Å². The number of nitrogens with zero attached hydrogens (tertiary/aromatic N) is 4. The summed E-state index contributed by atoms with van der Waals surface area (Å²) in [5.41, 5.74) is 2.18. The molecule has 1 aliphatic heterocycles. The Kier molecular flexibility index (Phi) is 1.95. The van der Waals surface area contributed by atoms with Gasteiger partial charge in [-0.3, -0.25) is 0 Å². The van der Waals surface area contributed by atoms with Gasteiger partial charge in [-0.1, -0.05) is 0 Å². The molecule has 0 saturated carbocycles. The Morgan fingerprint density at radius 1 is 1.62 bits per heavy atom. The summed E-state index contributed by atoms with van der Waals surface area (Å²) in [6.07, 6.45) is 2.68. The van der Waals surface area contributed by atoms with Crippen LogP contribution in [0.2, 0.25) is 0 Å². The van der Waals surface area contributed by atoms with Gasteiger partial charge in [0, 0.05) is 31.3 Å². The lowest BCUT2D eigenvalue weighted by atomic mass is 10.1. The van der Waals surface area contributed by atoms with Crippen molar-refractivity contribution < 1.29 is 0 Å². The molecular formula is C9H10N4. The maximum atomic E-state index is 8.61. The van der Waals surface area contributed by atoms with Crippen LogP contribution in [0.4, 0.5) is 0 Å². The van der Waals surface area contributed by atoms with Gasteiger partial charge in [0.1, 0.15) is 6.07 Å². The summed E-state index contributed by atoms with van der Waals surface area (Å²) in [4.78, 5) is 10.3. The second-order valence-corrected chi connectivity index (χ2v) is 3.27. The quantitative estimate of drug-likeness (QED) is 0.569. The minimum Gasteiger partial charge on any atom is -0.302 e. The van der Waals surface area contributed by atoms with Crippen LogP contribution in [0.15, 0.2) is 6.20 Å². The van der Waals surface area contributed by atoms with Crippen molar-refractivity contribution in [3.8, 4) is 6.07 Å². The van der Waals surface area contributed by atoms with Crippen molar-refractivity contribution in [2.75, 3.05) is 13.6 Å². The Bertz CT molecular complexity index is 366. The van der Waals surface area contributed by atoms with E-state index in [2.05, 4.69) is 21.9 Å². The number of fused-ring (bicyclic) bond motifs is 1. The Morgan fingerprint density at radius 2 is 2.46 bits per heavy atom. The van der Waals surface area contributed by atoms with E-state index >= 15 is 0 Å². The topological polar surface area (TPSA) is 52.8 Å². The minimum atomic E-state index is 0.281. The van der Waals surface area contributed by atoms with Gasteiger partial charge < -0.3 is 4.90 Å². The van der Waals surface area contributed by atoms with Gasteiger partial charge in [0.25, 0.3) is 0 Å². The van der Waals surface area contributed by atoms with Crippen molar-refractivity contribution in [2.24, 2.45) is 0 Å². The van der Waals surface area contributed by atoms with Crippen molar-refractivity contribution in [1.82, 2.24) is 14.9 Å². The molecule has 0 N–H and O–H groups in total. The molecule has 0 amide bonds. The van der Waals surface area contributed by atoms with E-state index in [0.717, 1.165) is 30.8 Å². The molecule has 1 aliphatic rings. The predicted molar refractivity (Wildman–Crippen MR) is 46.8 cm³/mol. The molecule has 0 radical (unpaired) electrons. The van der Waals surface area contributed by atoms with Crippen LogP contribution in [0.25, 0.3) is 0 Å². The number of aromatic nitrogens is 2. The van der Waals surface area contributed by atoms with Gasteiger partial charge in [-0.2, -0.15) is 5.26 Å². The second-order valence-electron chi connectivity index (χ2n) is 3.27. The largest absolute Gasteiger partial charge is 0.302 e. The van der Waals surface area contributed by atoms with E-state index in [1.807, 2.05) is 6.07 Å². The first-order valence-corrected chi connectivity index (χ1v) is 4.23. The van der Waals surface area contributed by atoms with Crippen LogP contribution in [0, 0.1) is 11.3 Å². The molecule has 4 heteroatoms. The molecule has 1 aromatic rings. The highest BCUT2D eigenvalue weighted by molar-refractivity contribution is 5.23. The minimum absolute atomic E-state index is 0.281. The normalized spacial score (nSPS) is 16.3. The number of hydrogen-bond donors (Lipinski definition) is 0. The molecule has 0 bridgehead atoms. The fourth-order valence-electron chi connectivity index (χ4n) is 1.51. The Hall–Kier alpha value is -1.47. The lowest BCUT2D eigenvalue weighted by Gasteiger charge is -2.23. The van der Waals surface area contributed by atoms with Gasteiger partial charge in [0.2, 0.25) is 5.82 Å². The lowest BCUT2D eigenvalue weighted by Crippen LogP contribution is -2.27. The molecule has 1 aromatic heterocycles. The molecule has 0 atom stereocenters. The summed E-state index contributed by atoms with van der Waals surface area (Å²) in [5.74, 6) is 0.281. The van der Waals surface area contributed by atoms with Crippen molar-refractivity contribution in [1.29, 1.82) is 5.26 Å². The summed E-state index contributed by atoms with van der Waals surface area (Å²) in [5, 5.41) is 8.61. The molecule has 13 heavy (non-hydrogen) atoms. The van der Waals surface area contributed by atoms with E-state index in [0.29, 0.717) is 0 Å². The van der Waals surface area contributed by atoms with Crippen LogP contribution in [0.3, 0.4) is 0 Å². The smallest absolute Gasteiger partial charge is 0.232 e. The number of nitriles is 1. The molecule has 66 valence electrons. The first-order chi connectivity index (χ1) is 6.29. The molecule has 0 unspecified atom stereocenters. The van der Waals surface area contributed by atoms with Crippen molar-refractivity contribution in [3.63, 3.8) is 0 Å². The molecule has 0 aliphatic carbocycles. The van der Waals surface area contributed by atoms with Crippen molar-refractivity contribution >= 4 is 0 Å². The molecule has 2 rings (SSSR count). The molecule has 0 spiro atoms. The SMILES string of the molecule is CN1CCc2nc(C#N)ncc2C1. The summed E-state index contributed by atoms with van der Waals surface area (Å²) in [7, 11) is 2.07. The van der Waals surface area contributed by atoms with E-state index in [-0.39, 0.29) is 5.82 Å². The third-order valence-corrected chi connectivity index (χ3v) is 2.22. The van der Waals surface area contributed by atoms with Gasteiger partial charge in [0.05, 0.1) is 5.69 Å². The highest BCUT2D eigenvalue weighted by atomic mass is 15.1. The monoisotopic (exact) mass is 174 g/mol. The third kappa shape index (κ3) is 1.51. The first kappa shape index (κ1) is 8.14. The van der Waals surface area contributed by atoms with E-state index < -0.39 is 0 Å². The van der Waals surface area contributed by atoms with Crippen molar-refractivity contribution in [2.45, 2.75) is 13.0 Å². The summed E-state index contributed by atoms with van der Waals surface area (Å²) >= 11 is 0. The highest BCUT2D eigenvalue weighted by Crippen LogP contribution is 2.14. The summed E-state index contributed by atoms with van der Waals surface area (Å²) in [6.45, 7) is 1.90. The van der Waals surface area contributed by atoms with Gasteiger partial charge in [-0.05, 0) is 7.05 Å². The number of hydrogen-bond acceptors (Lipinski definition) is 4. The fourth-order valence-corrected chi connectivity index (χ4v) is 1.51. The molecule has 0 aromatic carbocycles. The van der Waals surface area contributed by atoms with Crippen LogP contribution in [0.1, 0.15) is 17.1 Å². The van der Waals surface area contributed by atoms with Gasteiger partial charge in [-0.25, -0.2) is 9.97 Å². The van der Waals surface area contributed by atoms with Crippen LogP contribution < -0.4 is 0 Å². The van der Waals surface area contributed by atoms with Gasteiger partial charge >= 0.3 is 0 Å². The molecule has 4 nitrogen and oxygen atoms in total. The summed E-state index contributed by atoms with van der Waals surface area (Å²) in [6, 6.07) is 1.95. The van der Waals surface area contributed by atoms with Crippen molar-refractivity contribution in [3.05, 3.63) is 23.3 Å². The molecule has 0 saturated heterocycles. The molecule has 2 heterocycles. The van der Waals surface area contributed by atoms with Crippen LogP contribution in [0.5, 0.6) is 0 Å². The highest BCUT2D eigenvalue weighted by Gasteiger charge is 2.14. The predicted octanol–water partition coefficient (Wildman–Crippen LogP) is 0.336. The van der Waals surface area contributed by atoms with Crippen LogP contribution in [-0.4, -0.2) is 28.5 Å². The van der Waals surface area contributed by atoms with E-state index in [4.69, 9.17) is 5.26 Å². The first-order valence-electron chi connectivity index (χ1n) is 4.23. The van der Waals surface area contributed by atoms with E-state index in [1.54, 1.807) is 6.20 Å². The summed E-state index contributed by atoms with van der Waals surface area (Å²) < 4.78 is 0. The Balaban J connectivity index is 2.38. The van der Waals surface area contributed by atoms with Crippen LogP contribution >= 0.6 is 0 Å². The van der Waals surface area contributed by atoms with E-state index in [1.165, 1.54) is 0 Å². The van der Waals surface area contributed by atoms with Gasteiger partial charge in [-0.15, -0.1) is 0 Å². The second kappa shape index (κ2) is 3.11.